The molecular weight excluding hydrogens is 259 g/mol. The first-order valence-electron chi connectivity index (χ1n) is 4.07. The van der Waals surface area contributed by atoms with Gasteiger partial charge in [0, 0.05) is 0 Å². The fraction of sp³-hybridized carbons (Fsp3) is 0.500. The van der Waals surface area contributed by atoms with Crippen molar-refractivity contribution in [3.8, 4) is 0 Å². The van der Waals surface area contributed by atoms with Crippen LogP contribution in [0.25, 0.3) is 0 Å². The van der Waals surface area contributed by atoms with Gasteiger partial charge in [0.1, 0.15) is 12.1 Å². The minimum absolute atomic E-state index is 0. The van der Waals surface area contributed by atoms with Crippen molar-refractivity contribution in [3.63, 3.8) is 0 Å². The lowest BCUT2D eigenvalue weighted by molar-refractivity contribution is -0.139. The summed E-state index contributed by atoms with van der Waals surface area (Å²) in [5.74, 6) is -2.17. The summed E-state index contributed by atoms with van der Waals surface area (Å²) in [4.78, 5) is 20.5. The second-order valence-corrected chi connectivity index (χ2v) is 2.83. The van der Waals surface area contributed by atoms with Crippen LogP contribution in [0.1, 0.15) is 12.8 Å². The topological polar surface area (TPSA) is 127 Å². The number of hydrogen-bond donors (Lipinski definition) is 4. The first-order chi connectivity index (χ1) is 6.45. The van der Waals surface area contributed by atoms with Gasteiger partial charge >= 0.3 is 11.9 Å². The maximum atomic E-state index is 10.3. The number of carboxylic acid groups (broad SMARTS) is 2. The van der Waals surface area contributed by atoms with Gasteiger partial charge in [-0.1, -0.05) is 12.2 Å². The normalized spacial score (nSPS) is 13.4. The van der Waals surface area contributed by atoms with Crippen LogP contribution in [0.3, 0.4) is 0 Å². The minimum Gasteiger partial charge on any atom is -0.480 e. The average Bonchev–Trinajstić information content (AvgIpc) is 2.11. The van der Waals surface area contributed by atoms with Gasteiger partial charge < -0.3 is 21.7 Å². The third-order valence-corrected chi connectivity index (χ3v) is 1.58. The zero-order valence-corrected chi connectivity index (χ0v) is 10.0. The smallest absolute Gasteiger partial charge is 0.320 e. The van der Waals surface area contributed by atoms with Crippen LogP contribution in [0, 0.1) is 0 Å². The highest BCUT2D eigenvalue weighted by Crippen LogP contribution is 1.95. The van der Waals surface area contributed by atoms with E-state index in [0.717, 1.165) is 0 Å². The Labute approximate surface area is 106 Å². The molecule has 0 aromatic carbocycles. The lowest BCUT2D eigenvalue weighted by Crippen LogP contribution is -2.30. The van der Waals surface area contributed by atoms with Crippen molar-refractivity contribution in [1.29, 1.82) is 0 Å². The molecule has 0 aliphatic carbocycles. The van der Waals surface area contributed by atoms with Crippen molar-refractivity contribution in [3.05, 3.63) is 12.2 Å². The van der Waals surface area contributed by atoms with Gasteiger partial charge in [-0.15, -0.1) is 24.8 Å². The maximum Gasteiger partial charge on any atom is 0.320 e. The molecule has 0 aliphatic heterocycles. The summed E-state index contributed by atoms with van der Waals surface area (Å²) in [5.41, 5.74) is 10.4. The first kappa shape index (κ1) is 20.6. The quantitative estimate of drug-likeness (QED) is 0.505. The monoisotopic (exact) mass is 274 g/mol. The van der Waals surface area contributed by atoms with Crippen molar-refractivity contribution < 1.29 is 19.8 Å². The highest BCUT2D eigenvalue weighted by Gasteiger charge is 2.10. The second kappa shape index (κ2) is 10.7. The van der Waals surface area contributed by atoms with Crippen molar-refractivity contribution in [1.82, 2.24) is 0 Å². The number of halogens is 2. The molecule has 0 aliphatic rings. The molecule has 6 N–H and O–H groups in total. The molecule has 0 saturated carbocycles. The van der Waals surface area contributed by atoms with Crippen LogP contribution < -0.4 is 11.5 Å². The summed E-state index contributed by atoms with van der Waals surface area (Å²) in [6.07, 6.45) is 3.37. The molecule has 0 aromatic heterocycles. The van der Waals surface area contributed by atoms with Gasteiger partial charge in [0.25, 0.3) is 0 Å². The molecule has 0 radical (unpaired) electrons. The van der Waals surface area contributed by atoms with E-state index in [1.165, 1.54) is 12.2 Å². The number of carbonyl (C=O) groups is 2. The number of carboxylic acids is 2. The zero-order chi connectivity index (χ0) is 11.1. The zero-order valence-electron chi connectivity index (χ0n) is 8.41. The van der Waals surface area contributed by atoms with Crippen LogP contribution in [0.5, 0.6) is 0 Å². The molecule has 0 spiro atoms. The molecule has 0 heterocycles. The third kappa shape index (κ3) is 9.72. The van der Waals surface area contributed by atoms with Crippen molar-refractivity contribution in [2.24, 2.45) is 11.5 Å². The fourth-order valence-corrected chi connectivity index (χ4v) is 0.687. The van der Waals surface area contributed by atoms with Gasteiger partial charge in [-0.25, -0.2) is 0 Å². The van der Waals surface area contributed by atoms with Crippen LogP contribution in [-0.2, 0) is 9.59 Å². The van der Waals surface area contributed by atoms with Crippen LogP contribution in [0.4, 0.5) is 0 Å². The lowest BCUT2D eigenvalue weighted by Gasteiger charge is -2.02. The molecule has 8 heteroatoms. The summed E-state index contributed by atoms with van der Waals surface area (Å²) in [7, 11) is 0. The summed E-state index contributed by atoms with van der Waals surface area (Å²) >= 11 is 0. The van der Waals surface area contributed by atoms with Crippen LogP contribution >= 0.6 is 24.8 Å². The molecule has 0 bridgehead atoms. The van der Waals surface area contributed by atoms with E-state index in [0.29, 0.717) is 0 Å². The van der Waals surface area contributed by atoms with E-state index in [1.807, 2.05) is 0 Å². The largest absolute Gasteiger partial charge is 0.480 e. The van der Waals surface area contributed by atoms with E-state index >= 15 is 0 Å². The molecule has 0 saturated heterocycles. The number of hydrogen-bond acceptors (Lipinski definition) is 4. The first-order valence-corrected chi connectivity index (χ1v) is 4.07. The fourth-order valence-electron chi connectivity index (χ4n) is 0.687. The summed E-state index contributed by atoms with van der Waals surface area (Å²) in [6.45, 7) is 0. The Morgan fingerprint density at radius 2 is 1.19 bits per heavy atom. The van der Waals surface area contributed by atoms with Crippen molar-refractivity contribution >= 4 is 36.8 Å². The van der Waals surface area contributed by atoms with Crippen LogP contribution in [0.15, 0.2) is 12.2 Å². The van der Waals surface area contributed by atoms with E-state index in [9.17, 15) is 9.59 Å². The van der Waals surface area contributed by atoms with Gasteiger partial charge in [-0.05, 0) is 12.8 Å². The number of nitrogens with two attached hydrogens (primary N) is 2. The Balaban J connectivity index is -0.000000845. The van der Waals surface area contributed by atoms with Crippen LogP contribution in [0.2, 0.25) is 0 Å². The van der Waals surface area contributed by atoms with Crippen LogP contribution in [-0.4, -0.2) is 34.2 Å². The van der Waals surface area contributed by atoms with Gasteiger partial charge in [-0.2, -0.15) is 0 Å². The van der Waals surface area contributed by atoms with Crippen molar-refractivity contribution in [2.75, 3.05) is 0 Å². The van der Waals surface area contributed by atoms with Gasteiger partial charge in [-0.3, -0.25) is 9.59 Å². The minimum atomic E-state index is -1.09. The third-order valence-electron chi connectivity index (χ3n) is 1.58. The SMILES string of the molecule is Cl.Cl.N[C@@H](C/C=C/C[C@H](N)C(=O)O)C(=O)O. The maximum absolute atomic E-state index is 10.3. The van der Waals surface area contributed by atoms with Gasteiger partial charge in [0.05, 0.1) is 0 Å². The summed E-state index contributed by atoms with van der Waals surface area (Å²) < 4.78 is 0. The Morgan fingerprint density at radius 3 is 1.38 bits per heavy atom. The van der Waals surface area contributed by atoms with E-state index < -0.39 is 24.0 Å². The molecule has 6 nitrogen and oxygen atoms in total. The van der Waals surface area contributed by atoms with Crippen molar-refractivity contribution in [2.45, 2.75) is 24.9 Å². The van der Waals surface area contributed by atoms with E-state index in [1.54, 1.807) is 0 Å². The molecule has 0 fully saturated rings. The lowest BCUT2D eigenvalue weighted by atomic mass is 10.1. The Morgan fingerprint density at radius 1 is 0.938 bits per heavy atom. The summed E-state index contributed by atoms with van der Waals surface area (Å²) in [5, 5.41) is 16.8. The summed E-state index contributed by atoms with van der Waals surface area (Å²) in [6, 6.07) is -1.90. The molecule has 0 rings (SSSR count). The molecule has 0 unspecified atom stereocenters. The van der Waals surface area contributed by atoms with E-state index in [-0.39, 0.29) is 37.7 Å². The molecule has 0 aromatic rings. The molecule has 16 heavy (non-hydrogen) atoms. The Kier molecular flexibility index (Phi) is 13.7. The Hall–Kier alpha value is -0.820. The van der Waals surface area contributed by atoms with E-state index in [4.69, 9.17) is 21.7 Å². The van der Waals surface area contributed by atoms with Gasteiger partial charge in [0.2, 0.25) is 0 Å². The predicted octanol–water partition coefficient (Wildman–Crippen LogP) is -0.00980. The average molecular weight is 275 g/mol. The molecule has 0 amide bonds. The highest BCUT2D eigenvalue weighted by atomic mass is 35.5. The Bertz CT molecular complexity index is 224. The molecule has 96 valence electrons. The van der Waals surface area contributed by atoms with Gasteiger partial charge in [0.15, 0.2) is 0 Å². The number of rotatable bonds is 6. The highest BCUT2D eigenvalue weighted by molar-refractivity contribution is 5.85. The molecular formula is C8H16Cl2N2O4. The standard InChI is InChI=1S/C8H14N2O4.2ClH/c9-5(7(11)12)3-1-2-4-6(10)8(13)14;;/h1-2,5-6H,3-4,9-10H2,(H,11,12)(H,13,14);2*1H/b2-1+;;/t5-,6-;;/m0../s1. The molecule has 2 atom stereocenters. The predicted molar refractivity (Wildman–Crippen MR) is 64.1 cm³/mol. The number of aliphatic carboxylic acids is 2. The van der Waals surface area contributed by atoms with E-state index in [2.05, 4.69) is 0 Å². The second-order valence-electron chi connectivity index (χ2n) is 2.83.